The minimum absolute atomic E-state index is 0.125. The first-order valence-electron chi connectivity index (χ1n) is 15.2. The maximum absolute atomic E-state index is 14.0. The Kier molecular flexibility index (Phi) is 10.8. The smallest absolute Gasteiger partial charge is 0.271 e. The molecule has 1 fully saturated rings. The van der Waals surface area contributed by atoms with Crippen molar-refractivity contribution < 1.29 is 14.3 Å². The number of thioether (sulfide) groups is 1. The SMILES string of the molecule is C=CCc1cc(/C=C2\SC(=Nc3ccc(CC)cc3)N(c3ccc(CC)cc3)C2=O)cc(OCC)c1OCc1ccc(Cl)cc1. The van der Waals surface area contributed by atoms with Gasteiger partial charge in [-0.05, 0) is 115 Å². The van der Waals surface area contributed by atoms with Crippen LogP contribution in [0.15, 0.2) is 107 Å². The Hall–Kier alpha value is -4.26. The van der Waals surface area contributed by atoms with Crippen molar-refractivity contribution in [1.29, 1.82) is 0 Å². The zero-order valence-corrected chi connectivity index (χ0v) is 27.5. The fourth-order valence-corrected chi connectivity index (χ4v) is 6.09. The van der Waals surface area contributed by atoms with E-state index < -0.39 is 0 Å². The summed E-state index contributed by atoms with van der Waals surface area (Å²) in [6, 6.07) is 27.7. The van der Waals surface area contributed by atoms with Gasteiger partial charge in [0.25, 0.3) is 5.91 Å². The van der Waals surface area contributed by atoms with Gasteiger partial charge in [-0.2, -0.15) is 0 Å². The molecule has 7 heteroatoms. The van der Waals surface area contributed by atoms with Gasteiger partial charge in [0, 0.05) is 10.6 Å². The van der Waals surface area contributed by atoms with Crippen molar-refractivity contribution in [2.75, 3.05) is 11.5 Å². The van der Waals surface area contributed by atoms with Crippen LogP contribution in [0.1, 0.15) is 48.6 Å². The van der Waals surface area contributed by atoms with Crippen molar-refractivity contribution in [1.82, 2.24) is 0 Å². The van der Waals surface area contributed by atoms with E-state index in [-0.39, 0.29) is 5.91 Å². The normalized spacial score (nSPS) is 14.8. The molecule has 0 radical (unpaired) electrons. The maximum atomic E-state index is 14.0. The predicted octanol–water partition coefficient (Wildman–Crippen LogP) is 9.98. The summed E-state index contributed by atoms with van der Waals surface area (Å²) in [7, 11) is 0. The number of hydrogen-bond acceptors (Lipinski definition) is 5. The number of ether oxygens (including phenoxy) is 2. The number of anilines is 1. The molecule has 0 aliphatic carbocycles. The van der Waals surface area contributed by atoms with Gasteiger partial charge in [-0.25, -0.2) is 4.99 Å². The van der Waals surface area contributed by atoms with Gasteiger partial charge >= 0.3 is 0 Å². The highest BCUT2D eigenvalue weighted by Crippen LogP contribution is 2.40. The zero-order valence-electron chi connectivity index (χ0n) is 25.9. The number of carbonyl (C=O) groups excluding carboxylic acids is 1. The second-order valence-electron chi connectivity index (χ2n) is 10.5. The summed E-state index contributed by atoms with van der Waals surface area (Å²) in [6.07, 6.45) is 6.19. The van der Waals surface area contributed by atoms with Crippen LogP contribution in [0.2, 0.25) is 5.02 Å². The number of halogens is 1. The third-order valence-corrected chi connectivity index (χ3v) is 8.61. The highest BCUT2D eigenvalue weighted by molar-refractivity contribution is 8.19. The van der Waals surface area contributed by atoms with Crippen LogP contribution in [0.3, 0.4) is 0 Å². The van der Waals surface area contributed by atoms with Crippen LogP contribution in [0.5, 0.6) is 11.5 Å². The third kappa shape index (κ3) is 7.88. The standard InChI is InChI=1S/C38H37ClN2O3S/c1-5-9-30-22-29(23-34(43-8-4)36(30)44-25-28-10-16-31(39)17-11-28)24-35-37(42)41(33-20-14-27(7-3)15-21-33)38(45-35)40-32-18-12-26(6-2)13-19-32/h5,10-24H,1,6-9,25H2,2-4H3/b35-24-,40-38?. The number of amides is 1. The van der Waals surface area contributed by atoms with Crippen LogP contribution in [-0.2, 0) is 30.7 Å². The lowest BCUT2D eigenvalue weighted by Crippen LogP contribution is -2.28. The van der Waals surface area contributed by atoms with Crippen LogP contribution in [0.25, 0.3) is 6.08 Å². The number of aryl methyl sites for hydroxylation is 2. The zero-order chi connectivity index (χ0) is 31.8. The number of amidine groups is 1. The molecule has 45 heavy (non-hydrogen) atoms. The molecule has 1 aliphatic rings. The van der Waals surface area contributed by atoms with Crippen LogP contribution in [0.4, 0.5) is 11.4 Å². The minimum atomic E-state index is -0.125. The fourth-order valence-electron chi connectivity index (χ4n) is 4.96. The molecule has 1 aliphatic heterocycles. The van der Waals surface area contributed by atoms with Crippen molar-refractivity contribution in [2.24, 2.45) is 4.99 Å². The van der Waals surface area contributed by atoms with Gasteiger partial charge in [0.05, 0.1) is 22.9 Å². The Morgan fingerprint density at radius 3 is 2.13 bits per heavy atom. The third-order valence-electron chi connectivity index (χ3n) is 7.39. The van der Waals surface area contributed by atoms with Gasteiger partial charge in [0.15, 0.2) is 16.7 Å². The molecular weight excluding hydrogens is 600 g/mol. The molecule has 1 saturated heterocycles. The van der Waals surface area contributed by atoms with Crippen LogP contribution in [0, 0.1) is 0 Å². The molecule has 0 unspecified atom stereocenters. The molecule has 5 rings (SSSR count). The average molecular weight is 637 g/mol. The van der Waals surface area contributed by atoms with Gasteiger partial charge < -0.3 is 9.47 Å². The number of rotatable bonds is 12. The molecule has 1 amide bonds. The summed E-state index contributed by atoms with van der Waals surface area (Å²) in [5.41, 5.74) is 6.78. The number of benzene rings is 4. The number of carbonyl (C=O) groups is 1. The van der Waals surface area contributed by atoms with E-state index in [1.54, 1.807) is 4.90 Å². The molecule has 1 heterocycles. The molecule has 0 bridgehead atoms. The van der Waals surface area contributed by atoms with E-state index in [1.807, 2.05) is 79.7 Å². The van der Waals surface area contributed by atoms with Crippen molar-refractivity contribution in [3.05, 3.63) is 135 Å². The first kappa shape index (κ1) is 32.1. The van der Waals surface area contributed by atoms with Crippen molar-refractivity contribution in [2.45, 2.75) is 46.6 Å². The van der Waals surface area contributed by atoms with E-state index in [4.69, 9.17) is 26.1 Å². The van der Waals surface area contributed by atoms with Gasteiger partial charge in [0.2, 0.25) is 0 Å². The topological polar surface area (TPSA) is 51.1 Å². The first-order valence-corrected chi connectivity index (χ1v) is 16.4. The lowest BCUT2D eigenvalue weighted by Gasteiger charge is -2.17. The summed E-state index contributed by atoms with van der Waals surface area (Å²) < 4.78 is 12.4. The Labute approximate surface area is 275 Å². The average Bonchev–Trinajstić information content (AvgIpc) is 3.35. The van der Waals surface area contributed by atoms with Crippen LogP contribution in [-0.4, -0.2) is 17.7 Å². The summed E-state index contributed by atoms with van der Waals surface area (Å²) in [4.78, 5) is 21.2. The van der Waals surface area contributed by atoms with E-state index in [0.29, 0.717) is 46.2 Å². The van der Waals surface area contributed by atoms with E-state index in [1.165, 1.54) is 22.9 Å². The predicted molar refractivity (Wildman–Crippen MR) is 189 cm³/mol. The highest BCUT2D eigenvalue weighted by atomic mass is 35.5. The van der Waals surface area contributed by atoms with Crippen molar-refractivity contribution in [3.8, 4) is 11.5 Å². The molecule has 0 spiro atoms. The monoisotopic (exact) mass is 636 g/mol. The summed E-state index contributed by atoms with van der Waals surface area (Å²) in [5.74, 6) is 1.15. The Morgan fingerprint density at radius 2 is 1.51 bits per heavy atom. The lowest BCUT2D eigenvalue weighted by atomic mass is 10.0. The van der Waals surface area contributed by atoms with Gasteiger partial charge in [-0.1, -0.05) is 67.9 Å². The number of nitrogens with zero attached hydrogens (tertiary/aromatic N) is 2. The summed E-state index contributed by atoms with van der Waals surface area (Å²) >= 11 is 7.43. The van der Waals surface area contributed by atoms with Gasteiger partial charge in [0.1, 0.15) is 6.61 Å². The molecule has 0 atom stereocenters. The maximum Gasteiger partial charge on any atom is 0.271 e. The first-order chi connectivity index (χ1) is 21.9. The van der Waals surface area contributed by atoms with Gasteiger partial charge in [-0.3, -0.25) is 9.69 Å². The second-order valence-corrected chi connectivity index (χ2v) is 12.0. The largest absolute Gasteiger partial charge is 0.490 e. The van der Waals surface area contributed by atoms with Gasteiger partial charge in [-0.15, -0.1) is 6.58 Å². The van der Waals surface area contributed by atoms with Crippen LogP contribution < -0.4 is 14.4 Å². The van der Waals surface area contributed by atoms with Crippen molar-refractivity contribution >= 4 is 51.9 Å². The fraction of sp³-hybridized carbons (Fsp3) is 0.211. The van der Waals surface area contributed by atoms with E-state index in [0.717, 1.165) is 40.9 Å². The molecule has 4 aromatic carbocycles. The quantitative estimate of drug-likeness (QED) is 0.115. The second kappa shape index (κ2) is 15.2. The molecule has 0 aromatic heterocycles. The molecular formula is C38H37ClN2O3S. The number of aliphatic imine (C=N–C) groups is 1. The Balaban J connectivity index is 1.52. The van der Waals surface area contributed by atoms with E-state index in [9.17, 15) is 4.79 Å². The molecule has 0 saturated carbocycles. The summed E-state index contributed by atoms with van der Waals surface area (Å²) in [5, 5.41) is 1.29. The molecule has 5 nitrogen and oxygen atoms in total. The number of allylic oxidation sites excluding steroid dienone is 1. The number of hydrogen-bond donors (Lipinski definition) is 0. The minimum Gasteiger partial charge on any atom is -0.490 e. The van der Waals surface area contributed by atoms with E-state index in [2.05, 4.69) is 44.7 Å². The summed E-state index contributed by atoms with van der Waals surface area (Å²) in [6.45, 7) is 11.0. The highest BCUT2D eigenvalue weighted by Gasteiger charge is 2.35. The van der Waals surface area contributed by atoms with Crippen molar-refractivity contribution in [3.63, 3.8) is 0 Å². The lowest BCUT2D eigenvalue weighted by molar-refractivity contribution is -0.113. The van der Waals surface area contributed by atoms with E-state index >= 15 is 0 Å². The Bertz CT molecular complexity index is 1710. The Morgan fingerprint density at radius 1 is 0.867 bits per heavy atom. The molecule has 4 aromatic rings. The molecule has 0 N–H and O–H groups in total. The van der Waals surface area contributed by atoms with Crippen LogP contribution >= 0.6 is 23.4 Å². The molecule has 230 valence electrons.